The fourth-order valence-electron chi connectivity index (χ4n) is 3.56. The number of hydrogen-bond acceptors (Lipinski definition) is 7. The summed E-state index contributed by atoms with van der Waals surface area (Å²) in [4.78, 5) is 21.5. The SMILES string of the molecule is N#Cc1ccccc1S(=O)(=O)N1CCN(C(=O)c2cc3c(nc4sccn43)s2)CC1. The minimum absolute atomic E-state index is 0.00663. The third-order valence-electron chi connectivity index (χ3n) is 5.10. The maximum Gasteiger partial charge on any atom is 0.264 e. The van der Waals surface area contributed by atoms with Crippen LogP contribution in [0.1, 0.15) is 15.2 Å². The third kappa shape index (κ3) is 3.00. The zero-order chi connectivity index (χ0) is 20.9. The predicted octanol–water partition coefficient (Wildman–Crippen LogP) is 2.63. The number of amides is 1. The summed E-state index contributed by atoms with van der Waals surface area (Å²) < 4.78 is 29.2. The number of hydrogen-bond donors (Lipinski definition) is 0. The van der Waals surface area contributed by atoms with Crippen molar-refractivity contribution in [1.29, 1.82) is 5.26 Å². The van der Waals surface area contributed by atoms with Crippen molar-refractivity contribution in [3.63, 3.8) is 0 Å². The Balaban J connectivity index is 1.33. The predicted molar refractivity (Wildman–Crippen MR) is 114 cm³/mol. The van der Waals surface area contributed by atoms with Gasteiger partial charge in [0.15, 0.2) is 4.96 Å². The van der Waals surface area contributed by atoms with E-state index in [0.717, 1.165) is 15.3 Å². The van der Waals surface area contributed by atoms with Gasteiger partial charge in [0.25, 0.3) is 5.91 Å². The van der Waals surface area contributed by atoms with Crippen LogP contribution in [0.2, 0.25) is 0 Å². The minimum atomic E-state index is -3.78. The quantitative estimate of drug-likeness (QED) is 0.471. The monoisotopic (exact) mass is 457 g/mol. The van der Waals surface area contributed by atoms with E-state index < -0.39 is 10.0 Å². The van der Waals surface area contributed by atoms with E-state index in [4.69, 9.17) is 0 Å². The molecule has 1 fully saturated rings. The molecule has 8 nitrogen and oxygen atoms in total. The smallest absolute Gasteiger partial charge is 0.264 e. The number of benzene rings is 1. The maximum absolute atomic E-state index is 13.0. The van der Waals surface area contributed by atoms with Crippen molar-refractivity contribution in [2.45, 2.75) is 4.90 Å². The molecule has 1 aliphatic heterocycles. The van der Waals surface area contributed by atoms with E-state index in [1.54, 1.807) is 28.4 Å². The topological polar surface area (TPSA) is 98.8 Å². The zero-order valence-corrected chi connectivity index (χ0v) is 18.0. The van der Waals surface area contributed by atoms with Crippen LogP contribution in [0.3, 0.4) is 0 Å². The number of thiazole rings is 1. The lowest BCUT2D eigenvalue weighted by atomic mass is 10.2. The molecule has 0 N–H and O–H groups in total. The lowest BCUT2D eigenvalue weighted by Crippen LogP contribution is -2.50. The first kappa shape index (κ1) is 19.2. The van der Waals surface area contributed by atoms with Gasteiger partial charge in [0, 0.05) is 37.8 Å². The molecule has 11 heteroatoms. The largest absolute Gasteiger partial charge is 0.335 e. The summed E-state index contributed by atoms with van der Waals surface area (Å²) in [7, 11) is -3.78. The molecule has 152 valence electrons. The first-order chi connectivity index (χ1) is 14.5. The summed E-state index contributed by atoms with van der Waals surface area (Å²) in [5.41, 5.74) is 1.03. The number of nitriles is 1. The summed E-state index contributed by atoms with van der Waals surface area (Å²) in [5.74, 6) is -0.114. The molecule has 0 spiro atoms. The second-order valence-corrected chi connectivity index (χ2v) is 10.6. The van der Waals surface area contributed by atoms with Crippen LogP contribution in [0.5, 0.6) is 0 Å². The molecular weight excluding hydrogens is 442 g/mol. The van der Waals surface area contributed by atoms with Crippen LogP contribution in [-0.2, 0) is 10.0 Å². The molecule has 0 saturated carbocycles. The molecule has 5 rings (SSSR count). The van der Waals surface area contributed by atoms with Crippen molar-refractivity contribution in [1.82, 2.24) is 18.6 Å². The van der Waals surface area contributed by atoms with Crippen LogP contribution in [0.25, 0.3) is 15.3 Å². The van der Waals surface area contributed by atoms with E-state index in [2.05, 4.69) is 4.98 Å². The van der Waals surface area contributed by atoms with Crippen LogP contribution in [0, 0.1) is 11.3 Å². The van der Waals surface area contributed by atoms with Crippen molar-refractivity contribution < 1.29 is 13.2 Å². The Morgan fingerprint density at radius 3 is 2.70 bits per heavy atom. The first-order valence-electron chi connectivity index (χ1n) is 9.13. The van der Waals surface area contributed by atoms with Crippen LogP contribution in [0.15, 0.2) is 46.8 Å². The zero-order valence-electron chi connectivity index (χ0n) is 15.6. The van der Waals surface area contributed by atoms with Gasteiger partial charge >= 0.3 is 0 Å². The van der Waals surface area contributed by atoms with E-state index in [1.165, 1.54) is 27.8 Å². The third-order valence-corrected chi connectivity index (χ3v) is 8.82. The Hall–Kier alpha value is -2.78. The maximum atomic E-state index is 13.0. The van der Waals surface area contributed by atoms with E-state index in [9.17, 15) is 18.5 Å². The number of piperazine rings is 1. The number of aromatic nitrogens is 2. The lowest BCUT2D eigenvalue weighted by molar-refractivity contribution is 0.0703. The van der Waals surface area contributed by atoms with Gasteiger partial charge in [-0.2, -0.15) is 9.57 Å². The van der Waals surface area contributed by atoms with Crippen molar-refractivity contribution in [2.75, 3.05) is 26.2 Å². The van der Waals surface area contributed by atoms with Crippen LogP contribution in [-0.4, -0.2) is 59.1 Å². The molecule has 4 aromatic rings. The van der Waals surface area contributed by atoms with Gasteiger partial charge in [-0.25, -0.2) is 13.4 Å². The second-order valence-electron chi connectivity index (χ2n) is 6.77. The fraction of sp³-hybridized carbons (Fsp3) is 0.211. The van der Waals surface area contributed by atoms with Gasteiger partial charge < -0.3 is 4.90 Å². The van der Waals surface area contributed by atoms with Crippen LogP contribution < -0.4 is 0 Å². The van der Waals surface area contributed by atoms with Gasteiger partial charge in [0.05, 0.1) is 20.9 Å². The first-order valence-corrected chi connectivity index (χ1v) is 12.3. The van der Waals surface area contributed by atoms with Crippen molar-refractivity contribution in [3.05, 3.63) is 52.3 Å². The Kier molecular flexibility index (Phi) is 4.59. The summed E-state index contributed by atoms with van der Waals surface area (Å²) in [6.45, 7) is 0.964. The highest BCUT2D eigenvalue weighted by Gasteiger charge is 2.32. The molecule has 1 aliphatic rings. The molecular formula is C19H15N5O3S3. The summed E-state index contributed by atoms with van der Waals surface area (Å²) in [6.07, 6.45) is 1.93. The molecule has 1 aromatic carbocycles. The Labute approximate surface area is 180 Å². The lowest BCUT2D eigenvalue weighted by Gasteiger charge is -2.33. The van der Waals surface area contributed by atoms with E-state index in [0.29, 0.717) is 18.0 Å². The number of nitrogens with zero attached hydrogens (tertiary/aromatic N) is 5. The number of rotatable bonds is 3. The van der Waals surface area contributed by atoms with Crippen molar-refractivity contribution in [2.24, 2.45) is 0 Å². The van der Waals surface area contributed by atoms with Gasteiger partial charge in [0.2, 0.25) is 10.0 Å². The molecule has 0 radical (unpaired) electrons. The second kappa shape index (κ2) is 7.17. The van der Waals surface area contributed by atoms with Gasteiger partial charge in [-0.1, -0.05) is 12.1 Å². The molecule has 3 aromatic heterocycles. The normalized spacial score (nSPS) is 15.6. The number of thiophene rings is 1. The van der Waals surface area contributed by atoms with Crippen LogP contribution in [0.4, 0.5) is 0 Å². The average molecular weight is 458 g/mol. The Bertz CT molecular complexity index is 1420. The molecule has 0 atom stereocenters. The molecule has 1 saturated heterocycles. The highest BCUT2D eigenvalue weighted by atomic mass is 32.2. The molecule has 0 aliphatic carbocycles. The highest BCUT2D eigenvalue weighted by molar-refractivity contribution is 7.89. The molecule has 4 heterocycles. The Morgan fingerprint density at radius 2 is 1.93 bits per heavy atom. The number of sulfonamides is 1. The van der Waals surface area contributed by atoms with Crippen LogP contribution >= 0.6 is 22.7 Å². The Morgan fingerprint density at radius 1 is 1.17 bits per heavy atom. The molecule has 30 heavy (non-hydrogen) atoms. The molecule has 1 amide bonds. The summed E-state index contributed by atoms with van der Waals surface area (Å²) >= 11 is 2.90. The van der Waals surface area contributed by atoms with Gasteiger partial charge in [-0.05, 0) is 18.2 Å². The minimum Gasteiger partial charge on any atom is -0.335 e. The number of carbonyl (C=O) groups is 1. The summed E-state index contributed by atoms with van der Waals surface area (Å²) in [5, 5.41) is 11.2. The summed E-state index contributed by atoms with van der Waals surface area (Å²) in [6, 6.07) is 9.95. The molecule has 0 unspecified atom stereocenters. The van der Waals surface area contributed by atoms with E-state index in [1.807, 2.05) is 28.1 Å². The number of fused-ring (bicyclic) bond motifs is 3. The van der Waals surface area contributed by atoms with E-state index >= 15 is 0 Å². The van der Waals surface area contributed by atoms with E-state index in [-0.39, 0.29) is 29.5 Å². The average Bonchev–Trinajstić information content (AvgIpc) is 3.46. The van der Waals surface area contributed by atoms with Crippen molar-refractivity contribution in [3.8, 4) is 6.07 Å². The number of imidazole rings is 1. The fourth-order valence-corrected chi connectivity index (χ4v) is 6.90. The van der Waals surface area contributed by atoms with Gasteiger partial charge in [-0.15, -0.1) is 22.7 Å². The molecule has 0 bridgehead atoms. The van der Waals surface area contributed by atoms with Crippen molar-refractivity contribution >= 4 is 53.9 Å². The standard InChI is InChI=1S/C19H15N5O3S3/c20-12-13-3-1-2-4-16(13)30(26,27)23-7-5-22(6-8-23)18(25)15-11-14-17(29-15)21-19-24(14)9-10-28-19/h1-4,9-11H,5-8H2. The highest BCUT2D eigenvalue weighted by Crippen LogP contribution is 2.29. The van der Waals surface area contributed by atoms with Gasteiger partial charge in [0.1, 0.15) is 10.9 Å². The number of carbonyl (C=O) groups excluding carboxylic acids is 1. The van der Waals surface area contributed by atoms with Gasteiger partial charge in [-0.3, -0.25) is 9.20 Å².